The molecule has 182 valence electrons. The van der Waals surface area contributed by atoms with Gasteiger partial charge in [0.15, 0.2) is 0 Å². The third-order valence-corrected chi connectivity index (χ3v) is 6.78. The van der Waals surface area contributed by atoms with Crippen molar-refractivity contribution in [3.05, 3.63) is 111 Å². The number of amides is 1. The molecule has 1 atom stereocenters. The average Bonchev–Trinajstić information content (AvgIpc) is 3.31. The summed E-state index contributed by atoms with van der Waals surface area (Å²) in [5, 5.41) is 11.3. The van der Waals surface area contributed by atoms with E-state index in [1.807, 2.05) is 80.6 Å². The Bertz CT molecular complexity index is 1480. The number of rotatable bonds is 6. The summed E-state index contributed by atoms with van der Waals surface area (Å²) in [5.74, 6) is 0.913. The highest BCUT2D eigenvalue weighted by Crippen LogP contribution is 2.40. The number of aryl methyl sites for hydroxylation is 1. The number of benzene rings is 3. The molecule has 1 amide bonds. The summed E-state index contributed by atoms with van der Waals surface area (Å²) in [6.45, 7) is 4.12. The van der Waals surface area contributed by atoms with Crippen molar-refractivity contribution in [2.75, 3.05) is 10.6 Å². The van der Waals surface area contributed by atoms with Crippen molar-refractivity contribution in [2.24, 2.45) is 0 Å². The van der Waals surface area contributed by atoms with Crippen LogP contribution in [0.3, 0.4) is 0 Å². The fourth-order valence-electron chi connectivity index (χ4n) is 4.23. The molecule has 7 nitrogen and oxygen atoms in total. The highest BCUT2D eigenvalue weighted by molar-refractivity contribution is 9.10. The minimum Gasteiger partial charge on any atom is -0.488 e. The molecule has 9 heteroatoms. The summed E-state index contributed by atoms with van der Waals surface area (Å²) >= 11 is 9.93. The number of nitrogens with zero attached hydrogens (tertiary/aromatic N) is 3. The van der Waals surface area contributed by atoms with Crippen LogP contribution in [-0.2, 0) is 11.4 Å². The Balaban J connectivity index is 1.56. The fraction of sp³-hybridized carbons (Fsp3) is 0.148. The molecule has 36 heavy (non-hydrogen) atoms. The van der Waals surface area contributed by atoms with Crippen molar-refractivity contribution in [2.45, 2.75) is 26.5 Å². The summed E-state index contributed by atoms with van der Waals surface area (Å²) in [5.41, 5.74) is 4.59. The molecule has 4 aromatic rings. The largest absolute Gasteiger partial charge is 0.488 e. The zero-order chi connectivity index (χ0) is 25.2. The van der Waals surface area contributed by atoms with E-state index in [0.29, 0.717) is 33.7 Å². The SMILES string of the molecule is CC1=C(C(=O)Nc2cccc(C)c2)C(c2cc(Br)ccc2OCc2ccccc2Cl)n2ncnc2N1. The molecule has 1 aliphatic rings. The van der Waals surface area contributed by atoms with Crippen molar-refractivity contribution < 1.29 is 9.53 Å². The lowest BCUT2D eigenvalue weighted by Crippen LogP contribution is -2.31. The van der Waals surface area contributed by atoms with E-state index in [2.05, 4.69) is 36.6 Å². The number of allylic oxidation sites excluding steroid dienone is 1. The molecule has 1 aliphatic heterocycles. The molecule has 5 rings (SSSR count). The molecule has 0 fully saturated rings. The summed E-state index contributed by atoms with van der Waals surface area (Å²) in [6.07, 6.45) is 1.46. The van der Waals surface area contributed by atoms with E-state index < -0.39 is 6.04 Å². The Kier molecular flexibility index (Phi) is 6.80. The maximum Gasteiger partial charge on any atom is 0.255 e. The molecule has 2 N–H and O–H groups in total. The Morgan fingerprint density at radius 2 is 1.97 bits per heavy atom. The zero-order valence-electron chi connectivity index (χ0n) is 19.6. The van der Waals surface area contributed by atoms with Crippen LogP contribution in [0, 0.1) is 6.92 Å². The first kappa shape index (κ1) is 24.1. The second-order valence-corrected chi connectivity index (χ2v) is 9.80. The molecule has 2 heterocycles. The highest BCUT2D eigenvalue weighted by atomic mass is 79.9. The van der Waals surface area contributed by atoms with Gasteiger partial charge >= 0.3 is 0 Å². The Morgan fingerprint density at radius 3 is 2.78 bits per heavy atom. The number of carbonyl (C=O) groups is 1. The van der Waals surface area contributed by atoms with Crippen LogP contribution in [0.5, 0.6) is 5.75 Å². The minimum atomic E-state index is -0.577. The molecule has 0 bridgehead atoms. The molecule has 0 spiro atoms. The van der Waals surface area contributed by atoms with Gasteiger partial charge in [0.2, 0.25) is 5.95 Å². The van der Waals surface area contributed by atoms with Gasteiger partial charge in [-0.25, -0.2) is 4.68 Å². The van der Waals surface area contributed by atoms with E-state index in [0.717, 1.165) is 21.2 Å². The van der Waals surface area contributed by atoms with Crippen LogP contribution < -0.4 is 15.4 Å². The number of fused-ring (bicyclic) bond motifs is 1. The van der Waals surface area contributed by atoms with Gasteiger partial charge in [-0.1, -0.05) is 57.9 Å². The predicted octanol–water partition coefficient (Wildman–Crippen LogP) is 6.51. The van der Waals surface area contributed by atoms with Crippen molar-refractivity contribution >= 4 is 45.1 Å². The monoisotopic (exact) mass is 563 g/mol. The molecule has 3 aromatic carbocycles. The predicted molar refractivity (Wildman–Crippen MR) is 144 cm³/mol. The van der Waals surface area contributed by atoms with Gasteiger partial charge in [-0.15, -0.1) is 0 Å². The maximum absolute atomic E-state index is 13.7. The van der Waals surface area contributed by atoms with Crippen LogP contribution in [-0.4, -0.2) is 20.7 Å². The highest BCUT2D eigenvalue weighted by Gasteiger charge is 2.35. The summed E-state index contributed by atoms with van der Waals surface area (Å²) in [7, 11) is 0. The number of nitrogens with one attached hydrogen (secondary N) is 2. The molecular weight excluding hydrogens is 542 g/mol. The number of halogens is 2. The number of hydrogen-bond acceptors (Lipinski definition) is 5. The summed E-state index contributed by atoms with van der Waals surface area (Å²) in [4.78, 5) is 18.0. The normalized spacial score (nSPS) is 14.7. The van der Waals surface area contributed by atoms with E-state index in [1.54, 1.807) is 4.68 Å². The maximum atomic E-state index is 13.7. The molecule has 0 saturated heterocycles. The Hall–Kier alpha value is -3.62. The zero-order valence-corrected chi connectivity index (χ0v) is 22.0. The first-order valence-corrected chi connectivity index (χ1v) is 12.5. The molecule has 1 unspecified atom stereocenters. The van der Waals surface area contributed by atoms with Gasteiger partial charge in [-0.05, 0) is 55.8 Å². The van der Waals surface area contributed by atoms with Gasteiger partial charge in [0, 0.05) is 32.0 Å². The average molecular weight is 565 g/mol. The van der Waals surface area contributed by atoms with Gasteiger partial charge in [-0.2, -0.15) is 10.1 Å². The van der Waals surface area contributed by atoms with Gasteiger partial charge in [0.1, 0.15) is 24.7 Å². The second-order valence-electron chi connectivity index (χ2n) is 8.48. The van der Waals surface area contributed by atoms with Crippen LogP contribution in [0.1, 0.15) is 29.7 Å². The number of hydrogen-bond donors (Lipinski definition) is 2. The van der Waals surface area contributed by atoms with E-state index in [-0.39, 0.29) is 12.5 Å². The van der Waals surface area contributed by atoms with Crippen molar-refractivity contribution in [3.63, 3.8) is 0 Å². The van der Waals surface area contributed by atoms with Gasteiger partial charge in [0.05, 0.1) is 5.57 Å². The molecule has 0 radical (unpaired) electrons. The lowest BCUT2D eigenvalue weighted by atomic mass is 9.94. The number of carbonyl (C=O) groups excluding carboxylic acids is 1. The lowest BCUT2D eigenvalue weighted by Gasteiger charge is -2.30. The number of aromatic nitrogens is 3. The van der Waals surface area contributed by atoms with Crippen LogP contribution in [0.4, 0.5) is 11.6 Å². The second kappa shape index (κ2) is 10.2. The van der Waals surface area contributed by atoms with Crippen LogP contribution >= 0.6 is 27.5 Å². The topological polar surface area (TPSA) is 81.1 Å². The molecule has 0 aliphatic carbocycles. The van der Waals surface area contributed by atoms with Crippen LogP contribution in [0.25, 0.3) is 0 Å². The summed E-state index contributed by atoms with van der Waals surface area (Å²) < 4.78 is 8.80. The quantitative estimate of drug-likeness (QED) is 0.279. The first-order chi connectivity index (χ1) is 17.4. The van der Waals surface area contributed by atoms with Crippen LogP contribution in [0.2, 0.25) is 5.02 Å². The standard InChI is InChI=1S/C27H23BrClN5O2/c1-16-6-5-8-20(12-16)33-26(35)24-17(2)32-27-30-15-31-34(27)25(24)21-13-19(28)10-11-23(21)36-14-18-7-3-4-9-22(18)29/h3-13,15,25H,14H2,1-2H3,(H,33,35)(H,30,31,32). The summed E-state index contributed by atoms with van der Waals surface area (Å²) in [6, 6.07) is 20.4. The molecular formula is C27H23BrClN5O2. The minimum absolute atomic E-state index is 0.242. The number of ether oxygens (including phenoxy) is 1. The van der Waals surface area contributed by atoms with Gasteiger partial charge in [0.25, 0.3) is 5.91 Å². The van der Waals surface area contributed by atoms with E-state index >= 15 is 0 Å². The first-order valence-electron chi connectivity index (χ1n) is 11.3. The van der Waals surface area contributed by atoms with E-state index in [9.17, 15) is 4.79 Å². The Morgan fingerprint density at radius 1 is 1.14 bits per heavy atom. The van der Waals surface area contributed by atoms with Crippen LogP contribution in [0.15, 0.2) is 88.8 Å². The Labute approximate surface area is 222 Å². The third kappa shape index (κ3) is 4.87. The van der Waals surface area contributed by atoms with Crippen molar-refractivity contribution in [1.29, 1.82) is 0 Å². The smallest absolute Gasteiger partial charge is 0.255 e. The molecule has 0 saturated carbocycles. The number of anilines is 2. The van der Waals surface area contributed by atoms with Crippen molar-refractivity contribution in [3.8, 4) is 5.75 Å². The van der Waals surface area contributed by atoms with E-state index in [1.165, 1.54) is 6.33 Å². The van der Waals surface area contributed by atoms with Gasteiger partial charge < -0.3 is 15.4 Å². The molecule has 1 aromatic heterocycles. The van der Waals surface area contributed by atoms with E-state index in [4.69, 9.17) is 16.3 Å². The van der Waals surface area contributed by atoms with Gasteiger partial charge in [-0.3, -0.25) is 4.79 Å². The fourth-order valence-corrected chi connectivity index (χ4v) is 4.80. The lowest BCUT2D eigenvalue weighted by molar-refractivity contribution is -0.113. The van der Waals surface area contributed by atoms with Crippen molar-refractivity contribution in [1.82, 2.24) is 14.8 Å². The third-order valence-electron chi connectivity index (χ3n) is 5.92.